The van der Waals surface area contributed by atoms with Crippen LogP contribution in [0.25, 0.3) is 0 Å². The lowest BCUT2D eigenvalue weighted by Gasteiger charge is -2.20. The summed E-state index contributed by atoms with van der Waals surface area (Å²) >= 11 is 0. The number of rotatable bonds is 7. The number of Topliss-reactive ketones (excluding diaryl/α,β-unsaturated/α-hetero) is 1. The number of aromatic hydroxyl groups is 1. The van der Waals surface area contributed by atoms with E-state index in [1.54, 1.807) is 26.0 Å². The lowest BCUT2D eigenvalue weighted by Crippen LogP contribution is -2.35. The minimum absolute atomic E-state index is 0.0696. The first-order valence-electron chi connectivity index (χ1n) is 9.38. The van der Waals surface area contributed by atoms with E-state index in [4.69, 9.17) is 4.74 Å². The lowest BCUT2D eigenvalue weighted by molar-refractivity contribution is -0.178. The van der Waals surface area contributed by atoms with Crippen LogP contribution in [0, 0.1) is 13.8 Å². The van der Waals surface area contributed by atoms with Gasteiger partial charge in [-0.2, -0.15) is 13.2 Å². The number of carbonyl (C=O) groups excluding carboxylic acids is 2. The number of sulfonamides is 1. The molecule has 0 amide bonds. The van der Waals surface area contributed by atoms with Gasteiger partial charge in [-0.1, -0.05) is 17.7 Å². The maximum absolute atomic E-state index is 13.1. The van der Waals surface area contributed by atoms with Crippen LogP contribution >= 0.6 is 0 Å². The second-order valence-corrected chi connectivity index (χ2v) is 9.08. The van der Waals surface area contributed by atoms with Crippen LogP contribution in [0.3, 0.4) is 0 Å². The van der Waals surface area contributed by atoms with Gasteiger partial charge in [-0.05, 0) is 57.5 Å². The van der Waals surface area contributed by atoms with Crippen LogP contribution in [-0.4, -0.2) is 37.6 Å². The van der Waals surface area contributed by atoms with Crippen molar-refractivity contribution in [1.82, 2.24) is 0 Å². The van der Waals surface area contributed by atoms with Crippen molar-refractivity contribution in [2.75, 3.05) is 4.72 Å². The van der Waals surface area contributed by atoms with Crippen LogP contribution in [0.4, 0.5) is 18.9 Å². The zero-order valence-corrected chi connectivity index (χ0v) is 18.5. The van der Waals surface area contributed by atoms with E-state index in [2.05, 4.69) is 4.72 Å². The normalized spacial score (nSPS) is 13.0. The molecule has 2 aromatic carbocycles. The van der Waals surface area contributed by atoms with Gasteiger partial charge in [0.2, 0.25) is 0 Å². The third-order valence-corrected chi connectivity index (χ3v) is 5.88. The van der Waals surface area contributed by atoms with Gasteiger partial charge in [0.25, 0.3) is 15.8 Å². The fraction of sp³-hybridized carbons (Fsp3) is 0.333. The van der Waals surface area contributed by atoms with Crippen LogP contribution in [0.15, 0.2) is 41.3 Å². The molecule has 174 valence electrons. The van der Waals surface area contributed by atoms with Crippen molar-refractivity contribution in [2.24, 2.45) is 0 Å². The molecule has 0 aliphatic heterocycles. The Morgan fingerprint density at radius 1 is 1.06 bits per heavy atom. The summed E-state index contributed by atoms with van der Waals surface area (Å²) in [6.45, 7) is 6.10. The average molecular weight is 473 g/mol. The summed E-state index contributed by atoms with van der Waals surface area (Å²) in [5.41, 5.74) is 0.265. The fourth-order valence-electron chi connectivity index (χ4n) is 3.00. The molecule has 2 N–H and O–H groups in total. The lowest BCUT2D eigenvalue weighted by atomic mass is 9.93. The predicted octanol–water partition coefficient (Wildman–Crippen LogP) is 3.98. The summed E-state index contributed by atoms with van der Waals surface area (Å²) < 4.78 is 71.9. The zero-order chi connectivity index (χ0) is 24.4. The van der Waals surface area contributed by atoms with Crippen LogP contribution in [0.5, 0.6) is 5.75 Å². The highest BCUT2D eigenvalue weighted by atomic mass is 32.2. The zero-order valence-electron chi connectivity index (χ0n) is 17.6. The van der Waals surface area contributed by atoms with Gasteiger partial charge < -0.3 is 9.84 Å². The number of ether oxygens (including phenoxy) is 1. The molecule has 1 atom stereocenters. The van der Waals surface area contributed by atoms with E-state index in [9.17, 15) is 36.3 Å². The maximum atomic E-state index is 13.1. The molecule has 32 heavy (non-hydrogen) atoms. The number of phenolic OH excluding ortho intramolecular Hbond substituents is 1. The van der Waals surface area contributed by atoms with E-state index in [-0.39, 0.29) is 10.6 Å². The molecule has 0 aliphatic carbocycles. The smallest absolute Gasteiger partial charge is 0.451 e. The monoisotopic (exact) mass is 473 g/mol. The standard InChI is InChI=1S/C21H22F3NO6S/c1-11(2)31-20(28)18(19(27)21(22,23)24)15-10-14(6-7-16(15)26)25-32(29,30)17-8-5-12(3)9-13(17)4/h5-11,18,25-26H,1-4H3/t18-/m1/s1. The quantitative estimate of drug-likeness (QED) is 0.358. The molecule has 7 nitrogen and oxygen atoms in total. The number of anilines is 1. The van der Waals surface area contributed by atoms with Gasteiger partial charge in [0.1, 0.15) is 5.75 Å². The molecule has 11 heteroatoms. The van der Waals surface area contributed by atoms with Gasteiger partial charge in [0.05, 0.1) is 11.0 Å². The molecule has 0 aromatic heterocycles. The molecule has 0 fully saturated rings. The number of aryl methyl sites for hydroxylation is 2. The van der Waals surface area contributed by atoms with E-state index in [1.165, 1.54) is 19.9 Å². The first-order chi connectivity index (χ1) is 14.6. The summed E-state index contributed by atoms with van der Waals surface area (Å²) in [7, 11) is -4.16. The number of esters is 1. The number of phenols is 1. The van der Waals surface area contributed by atoms with Crippen molar-refractivity contribution in [3.8, 4) is 5.75 Å². The topological polar surface area (TPSA) is 110 Å². The van der Waals surface area contributed by atoms with Gasteiger partial charge in [0, 0.05) is 11.3 Å². The maximum Gasteiger partial charge on any atom is 0.451 e. The molecule has 0 unspecified atom stereocenters. The number of alkyl halides is 3. The second-order valence-electron chi connectivity index (χ2n) is 7.43. The molecule has 2 rings (SSSR count). The van der Waals surface area contributed by atoms with Gasteiger partial charge in [-0.25, -0.2) is 8.42 Å². The Balaban J connectivity index is 2.53. The SMILES string of the molecule is Cc1ccc(S(=O)(=O)Nc2ccc(O)c([C@@H](C(=O)OC(C)C)C(=O)C(F)(F)F)c2)c(C)c1. The van der Waals surface area contributed by atoms with Gasteiger partial charge in [-0.15, -0.1) is 0 Å². The molecule has 0 aliphatic rings. The third-order valence-electron chi connectivity index (χ3n) is 4.34. The largest absolute Gasteiger partial charge is 0.508 e. The van der Waals surface area contributed by atoms with E-state index in [1.807, 2.05) is 0 Å². The van der Waals surface area contributed by atoms with Crippen molar-refractivity contribution in [3.63, 3.8) is 0 Å². The van der Waals surface area contributed by atoms with Crippen LogP contribution in [0.1, 0.15) is 36.5 Å². The predicted molar refractivity (Wildman–Crippen MR) is 110 cm³/mol. The van der Waals surface area contributed by atoms with Gasteiger partial charge in [0.15, 0.2) is 5.92 Å². The highest BCUT2D eigenvalue weighted by Crippen LogP contribution is 2.36. The number of halogens is 3. The molecular weight excluding hydrogens is 451 g/mol. The van der Waals surface area contributed by atoms with Crippen molar-refractivity contribution < 1.29 is 41.0 Å². The van der Waals surface area contributed by atoms with Crippen LogP contribution < -0.4 is 4.72 Å². The van der Waals surface area contributed by atoms with Gasteiger partial charge in [-0.3, -0.25) is 14.3 Å². The fourth-order valence-corrected chi connectivity index (χ4v) is 4.28. The number of hydrogen-bond acceptors (Lipinski definition) is 6. The summed E-state index contributed by atoms with van der Waals surface area (Å²) in [6.07, 6.45) is -6.24. The van der Waals surface area contributed by atoms with E-state index < -0.39 is 51.3 Å². The van der Waals surface area contributed by atoms with Crippen LogP contribution in [-0.2, 0) is 24.3 Å². The minimum atomic E-state index is -5.40. The van der Waals surface area contributed by atoms with Crippen LogP contribution in [0.2, 0.25) is 0 Å². The number of ketones is 1. The number of hydrogen-bond donors (Lipinski definition) is 2. The molecule has 2 aromatic rings. The first-order valence-corrected chi connectivity index (χ1v) is 10.9. The average Bonchev–Trinajstić information content (AvgIpc) is 2.62. The number of benzene rings is 2. The molecule has 0 bridgehead atoms. The highest BCUT2D eigenvalue weighted by molar-refractivity contribution is 7.92. The molecule has 0 radical (unpaired) electrons. The summed E-state index contributed by atoms with van der Waals surface area (Å²) in [6, 6.07) is 7.34. The Labute approximate surface area is 183 Å². The Bertz CT molecular complexity index is 1140. The molecule has 0 heterocycles. The number of carbonyl (C=O) groups is 2. The molecule has 0 saturated carbocycles. The van der Waals surface area contributed by atoms with E-state index in [0.29, 0.717) is 5.56 Å². The van der Waals surface area contributed by atoms with Crippen molar-refractivity contribution in [2.45, 2.75) is 50.8 Å². The summed E-state index contributed by atoms with van der Waals surface area (Å²) in [5, 5.41) is 10.1. The second kappa shape index (κ2) is 9.19. The summed E-state index contributed by atoms with van der Waals surface area (Å²) in [5.74, 6) is -7.30. The first kappa shape index (κ1) is 25.2. The van der Waals surface area contributed by atoms with Gasteiger partial charge >= 0.3 is 12.1 Å². The Morgan fingerprint density at radius 3 is 2.22 bits per heavy atom. The van der Waals surface area contributed by atoms with E-state index >= 15 is 0 Å². The molecular formula is C21H22F3NO6S. The highest BCUT2D eigenvalue weighted by Gasteiger charge is 2.48. The Kier molecular flexibility index (Phi) is 7.23. The summed E-state index contributed by atoms with van der Waals surface area (Å²) in [4.78, 5) is 24.2. The van der Waals surface area contributed by atoms with Crippen molar-refractivity contribution >= 4 is 27.5 Å². The third kappa shape index (κ3) is 5.78. The number of nitrogens with one attached hydrogen (secondary N) is 1. The minimum Gasteiger partial charge on any atom is -0.508 e. The van der Waals surface area contributed by atoms with Crippen molar-refractivity contribution in [3.05, 3.63) is 53.1 Å². The Hall–Kier alpha value is -3.08. The molecule has 0 spiro atoms. The molecule has 0 saturated heterocycles. The van der Waals surface area contributed by atoms with E-state index in [0.717, 1.165) is 23.8 Å². The Morgan fingerprint density at radius 2 is 1.69 bits per heavy atom. The van der Waals surface area contributed by atoms with Crippen molar-refractivity contribution in [1.29, 1.82) is 0 Å².